The number of piperidine rings is 1. The highest BCUT2D eigenvalue weighted by Crippen LogP contribution is 2.24. The van der Waals surface area contributed by atoms with Crippen LogP contribution in [0.25, 0.3) is 6.08 Å². The first-order chi connectivity index (χ1) is 14.0. The molecule has 0 radical (unpaired) electrons. The number of carboxylic acid groups (broad SMARTS) is 1. The number of benzene rings is 1. The average molecular weight is 419 g/mol. The second-order valence-corrected chi connectivity index (χ2v) is 8.64. The maximum Gasteiger partial charge on any atom is 0.407 e. The van der Waals surface area contributed by atoms with Gasteiger partial charge in [0, 0.05) is 19.6 Å². The molecule has 1 aliphatic carbocycles. The van der Waals surface area contributed by atoms with E-state index in [0.717, 1.165) is 18.4 Å². The Bertz CT molecular complexity index is 744. The maximum atomic E-state index is 12.7. The van der Waals surface area contributed by atoms with E-state index in [1.54, 1.807) is 6.07 Å². The Kier molecular flexibility index (Phi) is 7.99. The van der Waals surface area contributed by atoms with Gasteiger partial charge in [0.05, 0.1) is 10.6 Å². The molecule has 29 heavy (non-hydrogen) atoms. The summed E-state index contributed by atoms with van der Waals surface area (Å²) in [6, 6.07) is 5.52. The first-order valence-electron chi connectivity index (χ1n) is 10.8. The summed E-state index contributed by atoms with van der Waals surface area (Å²) in [5.74, 6) is 0.445. The summed E-state index contributed by atoms with van der Waals surface area (Å²) in [5.41, 5.74) is 2.64. The molecule has 1 aliphatic heterocycles. The lowest BCUT2D eigenvalue weighted by Crippen LogP contribution is -2.35. The van der Waals surface area contributed by atoms with Gasteiger partial charge in [-0.3, -0.25) is 4.79 Å². The first-order valence-corrected chi connectivity index (χ1v) is 11.2. The monoisotopic (exact) mass is 418 g/mol. The predicted molar refractivity (Wildman–Crippen MR) is 116 cm³/mol. The smallest absolute Gasteiger partial charge is 0.407 e. The lowest BCUT2D eigenvalue weighted by Gasteiger charge is -2.25. The van der Waals surface area contributed by atoms with Crippen LogP contribution in [0, 0.1) is 5.92 Å². The Morgan fingerprint density at radius 3 is 2.41 bits per heavy atom. The zero-order chi connectivity index (χ0) is 20.6. The summed E-state index contributed by atoms with van der Waals surface area (Å²) in [4.78, 5) is 25.2. The van der Waals surface area contributed by atoms with E-state index in [1.807, 2.05) is 12.1 Å². The summed E-state index contributed by atoms with van der Waals surface area (Å²) < 4.78 is 0. The fourth-order valence-corrected chi connectivity index (χ4v) is 4.45. The van der Waals surface area contributed by atoms with Crippen LogP contribution in [-0.4, -0.2) is 41.6 Å². The fraction of sp³-hybridized carbons (Fsp3) is 0.565. The molecule has 2 fully saturated rings. The maximum absolute atomic E-state index is 12.7. The van der Waals surface area contributed by atoms with Crippen LogP contribution in [0.5, 0.6) is 0 Å². The van der Waals surface area contributed by atoms with E-state index >= 15 is 0 Å². The van der Waals surface area contributed by atoms with Crippen LogP contribution in [0.4, 0.5) is 4.79 Å². The van der Waals surface area contributed by atoms with Gasteiger partial charge in [-0.05, 0) is 49.3 Å². The van der Waals surface area contributed by atoms with Gasteiger partial charge >= 0.3 is 6.09 Å². The summed E-state index contributed by atoms with van der Waals surface area (Å²) in [6.07, 6.45) is 11.5. The molecule has 2 N–H and O–H groups in total. The minimum absolute atomic E-state index is 0.113. The van der Waals surface area contributed by atoms with Gasteiger partial charge in [-0.2, -0.15) is 0 Å². The number of nitrogens with one attached hydrogen (secondary N) is 1. The van der Waals surface area contributed by atoms with E-state index in [0.29, 0.717) is 36.1 Å². The van der Waals surface area contributed by atoms with Gasteiger partial charge in [-0.1, -0.05) is 61.4 Å². The molecule has 1 aromatic carbocycles. The van der Waals surface area contributed by atoms with Crippen LogP contribution < -0.4 is 5.32 Å². The third-order valence-electron chi connectivity index (χ3n) is 6.06. The first kappa shape index (κ1) is 21.7. The lowest BCUT2D eigenvalue weighted by atomic mass is 9.91. The molecule has 6 heteroatoms. The van der Waals surface area contributed by atoms with Crippen LogP contribution in [0.2, 0.25) is 5.02 Å². The third-order valence-corrected chi connectivity index (χ3v) is 6.39. The van der Waals surface area contributed by atoms with Crippen molar-refractivity contribution in [2.45, 2.75) is 57.8 Å². The Morgan fingerprint density at radius 1 is 1.10 bits per heavy atom. The zero-order valence-electron chi connectivity index (χ0n) is 17.0. The van der Waals surface area contributed by atoms with Crippen molar-refractivity contribution in [2.75, 3.05) is 19.6 Å². The van der Waals surface area contributed by atoms with Gasteiger partial charge in [0.15, 0.2) is 0 Å². The largest absolute Gasteiger partial charge is 0.465 e. The molecule has 1 aromatic rings. The topological polar surface area (TPSA) is 69.6 Å². The molecule has 2 amide bonds. The molecular formula is C23H31ClN2O3. The van der Waals surface area contributed by atoms with Crippen molar-refractivity contribution in [3.8, 4) is 0 Å². The average Bonchev–Trinajstić information content (AvgIpc) is 2.69. The molecule has 0 atom stereocenters. The number of hydrogen-bond donors (Lipinski definition) is 2. The van der Waals surface area contributed by atoms with Gasteiger partial charge in [0.2, 0.25) is 0 Å². The highest BCUT2D eigenvalue weighted by Gasteiger charge is 2.18. The Balaban J connectivity index is 1.60. The van der Waals surface area contributed by atoms with Gasteiger partial charge < -0.3 is 15.3 Å². The molecule has 1 saturated heterocycles. The SMILES string of the molecule is O=C(NCC1CCCCCCC1)c1cc(C=C2CCN(C(=O)O)CC2)ccc1Cl. The number of nitrogens with zero attached hydrogens (tertiary/aromatic N) is 1. The number of amides is 2. The molecule has 0 spiro atoms. The van der Waals surface area contributed by atoms with Crippen LogP contribution in [0.3, 0.4) is 0 Å². The normalized spacial score (nSPS) is 18.7. The molecule has 2 aliphatic rings. The second-order valence-electron chi connectivity index (χ2n) is 8.23. The van der Waals surface area contributed by atoms with Crippen molar-refractivity contribution in [1.82, 2.24) is 10.2 Å². The summed E-state index contributed by atoms with van der Waals surface area (Å²) in [6.45, 7) is 1.75. The highest BCUT2D eigenvalue weighted by atomic mass is 35.5. The number of carbonyl (C=O) groups excluding carboxylic acids is 1. The van der Waals surface area contributed by atoms with Crippen molar-refractivity contribution < 1.29 is 14.7 Å². The molecule has 1 heterocycles. The molecule has 0 aromatic heterocycles. The van der Waals surface area contributed by atoms with Crippen molar-refractivity contribution >= 4 is 29.7 Å². The van der Waals surface area contributed by atoms with E-state index in [2.05, 4.69) is 11.4 Å². The van der Waals surface area contributed by atoms with Gasteiger partial charge in [-0.25, -0.2) is 4.79 Å². The summed E-state index contributed by atoms with van der Waals surface area (Å²) in [7, 11) is 0. The molecule has 5 nitrogen and oxygen atoms in total. The van der Waals surface area contributed by atoms with Crippen molar-refractivity contribution in [2.24, 2.45) is 5.92 Å². The van der Waals surface area contributed by atoms with E-state index < -0.39 is 6.09 Å². The van der Waals surface area contributed by atoms with Crippen molar-refractivity contribution in [1.29, 1.82) is 0 Å². The second kappa shape index (κ2) is 10.7. The van der Waals surface area contributed by atoms with Gasteiger partial charge in [0.25, 0.3) is 5.91 Å². The molecule has 1 saturated carbocycles. The van der Waals surface area contributed by atoms with E-state index in [1.165, 1.54) is 55.4 Å². The molecular weight excluding hydrogens is 388 g/mol. The molecule has 0 unspecified atom stereocenters. The standard InChI is InChI=1S/C23H31ClN2O3/c24-21-9-8-19(14-17-10-12-26(13-11-17)23(28)29)15-20(21)22(27)25-16-18-6-4-2-1-3-5-7-18/h8-9,14-15,18H,1-7,10-13,16H2,(H,25,27)(H,28,29). The quantitative estimate of drug-likeness (QED) is 0.669. The number of halogens is 1. The number of hydrogen-bond acceptors (Lipinski definition) is 2. The minimum Gasteiger partial charge on any atom is -0.465 e. The number of likely N-dealkylation sites (tertiary alicyclic amines) is 1. The van der Waals surface area contributed by atoms with Crippen molar-refractivity contribution in [3.63, 3.8) is 0 Å². The van der Waals surface area contributed by atoms with Crippen molar-refractivity contribution in [3.05, 3.63) is 39.9 Å². The predicted octanol–water partition coefficient (Wildman–Crippen LogP) is 5.59. The minimum atomic E-state index is -0.862. The Labute approximate surface area is 178 Å². The van der Waals surface area contributed by atoms with E-state index in [4.69, 9.17) is 16.7 Å². The van der Waals surface area contributed by atoms with Crippen LogP contribution in [0.15, 0.2) is 23.8 Å². The summed E-state index contributed by atoms with van der Waals surface area (Å²) >= 11 is 6.30. The number of rotatable bonds is 4. The van der Waals surface area contributed by atoms with E-state index in [9.17, 15) is 9.59 Å². The number of carbonyl (C=O) groups is 2. The molecule has 0 bridgehead atoms. The lowest BCUT2D eigenvalue weighted by molar-refractivity contribution is 0.0944. The van der Waals surface area contributed by atoms with Crippen LogP contribution in [0.1, 0.15) is 73.7 Å². The summed E-state index contributed by atoms with van der Waals surface area (Å²) in [5, 5.41) is 12.6. The van der Waals surface area contributed by atoms with Gasteiger partial charge in [-0.15, -0.1) is 0 Å². The van der Waals surface area contributed by atoms with Crippen LogP contribution in [-0.2, 0) is 0 Å². The van der Waals surface area contributed by atoms with Crippen LogP contribution >= 0.6 is 11.6 Å². The third kappa shape index (κ3) is 6.49. The Hall–Kier alpha value is -2.01. The highest BCUT2D eigenvalue weighted by molar-refractivity contribution is 6.33. The Morgan fingerprint density at radius 2 is 1.76 bits per heavy atom. The molecule has 3 rings (SSSR count). The van der Waals surface area contributed by atoms with Gasteiger partial charge in [0.1, 0.15) is 0 Å². The molecule has 158 valence electrons. The zero-order valence-corrected chi connectivity index (χ0v) is 17.7. The van der Waals surface area contributed by atoms with E-state index in [-0.39, 0.29) is 5.91 Å². The fourth-order valence-electron chi connectivity index (χ4n) is 4.25.